The maximum Gasteiger partial charge on any atom is 0.412 e. The largest absolute Gasteiger partial charge is 0.412 e. The highest BCUT2D eigenvalue weighted by Crippen LogP contribution is 2.32. The summed E-state index contributed by atoms with van der Waals surface area (Å²) in [5, 5.41) is 4.35. The maximum absolute atomic E-state index is 13.1. The second kappa shape index (κ2) is 7.48. The van der Waals surface area contributed by atoms with Gasteiger partial charge in [-0.25, -0.2) is 0 Å². The fourth-order valence-corrected chi connectivity index (χ4v) is 2.71. The van der Waals surface area contributed by atoms with Crippen LogP contribution in [0.4, 0.5) is 13.2 Å². The molecule has 2 amide bonds. The number of halogens is 3. The van der Waals surface area contributed by atoms with Crippen LogP contribution < -0.4 is 10.6 Å². The molecule has 1 aliphatic carbocycles. The first-order valence-corrected chi connectivity index (χ1v) is 7.56. The molecular formula is C16H19F3N2O2. The molecule has 1 fully saturated rings. The minimum Gasteiger partial charge on any atom is -0.347 e. The van der Waals surface area contributed by atoms with Crippen LogP contribution in [-0.4, -0.2) is 24.5 Å². The number of hydrogen-bond acceptors (Lipinski definition) is 2. The van der Waals surface area contributed by atoms with Crippen LogP contribution >= 0.6 is 0 Å². The summed E-state index contributed by atoms with van der Waals surface area (Å²) >= 11 is 0. The van der Waals surface area contributed by atoms with Crippen LogP contribution in [-0.2, 0) is 9.59 Å². The van der Waals surface area contributed by atoms with Gasteiger partial charge in [-0.2, -0.15) is 13.2 Å². The highest BCUT2D eigenvalue weighted by molar-refractivity contribution is 5.86. The predicted octanol–water partition coefficient (Wildman–Crippen LogP) is 2.71. The van der Waals surface area contributed by atoms with Crippen molar-refractivity contribution in [2.24, 2.45) is 5.92 Å². The topological polar surface area (TPSA) is 58.2 Å². The zero-order valence-electron chi connectivity index (χ0n) is 12.5. The Balaban J connectivity index is 1.91. The van der Waals surface area contributed by atoms with Gasteiger partial charge in [0.1, 0.15) is 0 Å². The van der Waals surface area contributed by atoms with Gasteiger partial charge >= 0.3 is 6.18 Å². The summed E-state index contributed by atoms with van der Waals surface area (Å²) in [7, 11) is 0. The molecule has 0 bridgehead atoms. The van der Waals surface area contributed by atoms with Gasteiger partial charge in [0, 0.05) is 5.92 Å². The van der Waals surface area contributed by atoms with Crippen molar-refractivity contribution in [3.63, 3.8) is 0 Å². The third-order valence-corrected chi connectivity index (χ3v) is 3.91. The number of rotatable bonds is 5. The third kappa shape index (κ3) is 4.97. The lowest BCUT2D eigenvalue weighted by Gasteiger charge is -2.22. The first-order valence-electron chi connectivity index (χ1n) is 7.56. The number of benzene rings is 1. The summed E-state index contributed by atoms with van der Waals surface area (Å²) in [5.74, 6) is -1.25. The number of nitrogens with one attached hydrogen (secondary N) is 2. The molecule has 1 atom stereocenters. The van der Waals surface area contributed by atoms with Gasteiger partial charge in [0.15, 0.2) is 6.04 Å². The molecule has 0 radical (unpaired) electrons. The second-order valence-electron chi connectivity index (χ2n) is 5.65. The smallest absolute Gasteiger partial charge is 0.347 e. The van der Waals surface area contributed by atoms with Crippen LogP contribution in [0.2, 0.25) is 0 Å². The number of alkyl halides is 3. The lowest BCUT2D eigenvalue weighted by molar-refractivity contribution is -0.163. The van der Waals surface area contributed by atoms with Crippen LogP contribution in [0.1, 0.15) is 37.3 Å². The molecular weight excluding hydrogens is 309 g/mol. The van der Waals surface area contributed by atoms with Crippen molar-refractivity contribution in [3.8, 4) is 0 Å². The molecule has 0 aliphatic heterocycles. The van der Waals surface area contributed by atoms with E-state index < -0.39 is 24.7 Å². The normalized spacial score (nSPS) is 16.8. The van der Waals surface area contributed by atoms with Gasteiger partial charge < -0.3 is 10.6 Å². The summed E-state index contributed by atoms with van der Waals surface area (Å²) in [6.07, 6.45) is -1.14. The van der Waals surface area contributed by atoms with E-state index in [0.717, 1.165) is 25.7 Å². The Morgan fingerprint density at radius 3 is 2.30 bits per heavy atom. The molecule has 1 aliphatic rings. The minimum atomic E-state index is -4.60. The van der Waals surface area contributed by atoms with E-state index in [2.05, 4.69) is 5.32 Å². The quantitative estimate of drug-likeness (QED) is 0.873. The van der Waals surface area contributed by atoms with E-state index in [1.54, 1.807) is 6.07 Å². The zero-order chi connectivity index (χ0) is 16.9. The van der Waals surface area contributed by atoms with Crippen molar-refractivity contribution in [2.75, 3.05) is 6.54 Å². The van der Waals surface area contributed by atoms with Crippen molar-refractivity contribution in [2.45, 2.75) is 37.9 Å². The van der Waals surface area contributed by atoms with E-state index >= 15 is 0 Å². The SMILES string of the molecule is O=C(CNC(=O)C1CCCC1)NC(c1ccccc1)C(F)(F)F. The fraction of sp³-hybridized carbons (Fsp3) is 0.500. The Kier molecular flexibility index (Phi) is 5.63. The standard InChI is InChI=1S/C16H19F3N2O2/c17-16(18,19)14(11-6-2-1-3-7-11)21-13(22)10-20-15(23)12-8-4-5-9-12/h1-3,6-7,12,14H,4-5,8-10H2,(H,20,23)(H,21,22). The molecule has 126 valence electrons. The van der Waals surface area contributed by atoms with Crippen LogP contribution in [0.5, 0.6) is 0 Å². The van der Waals surface area contributed by atoms with Gasteiger partial charge in [-0.1, -0.05) is 43.2 Å². The minimum absolute atomic E-state index is 0.0459. The Bertz CT molecular complexity index is 540. The van der Waals surface area contributed by atoms with Crippen LogP contribution in [0.3, 0.4) is 0 Å². The van der Waals surface area contributed by atoms with Gasteiger partial charge in [-0.05, 0) is 18.4 Å². The summed E-state index contributed by atoms with van der Waals surface area (Å²) < 4.78 is 39.3. The molecule has 23 heavy (non-hydrogen) atoms. The van der Waals surface area contributed by atoms with E-state index in [1.165, 1.54) is 24.3 Å². The second-order valence-corrected chi connectivity index (χ2v) is 5.65. The number of carbonyl (C=O) groups excluding carboxylic acids is 2. The van der Waals surface area contributed by atoms with Crippen molar-refractivity contribution >= 4 is 11.8 Å². The number of hydrogen-bond donors (Lipinski definition) is 2. The summed E-state index contributed by atoms with van der Waals surface area (Å²) in [6.45, 7) is -0.450. The van der Waals surface area contributed by atoms with Crippen LogP contribution in [0.15, 0.2) is 30.3 Å². The lowest BCUT2D eigenvalue weighted by atomic mass is 10.1. The van der Waals surface area contributed by atoms with E-state index in [4.69, 9.17) is 0 Å². The van der Waals surface area contributed by atoms with E-state index in [1.807, 2.05) is 5.32 Å². The van der Waals surface area contributed by atoms with E-state index in [-0.39, 0.29) is 17.4 Å². The Labute approximate surface area is 132 Å². The number of carbonyl (C=O) groups is 2. The van der Waals surface area contributed by atoms with Crippen molar-refractivity contribution in [3.05, 3.63) is 35.9 Å². The number of amides is 2. The van der Waals surface area contributed by atoms with E-state index in [0.29, 0.717) is 0 Å². The van der Waals surface area contributed by atoms with Gasteiger partial charge in [0.25, 0.3) is 0 Å². The van der Waals surface area contributed by atoms with Crippen molar-refractivity contribution in [1.82, 2.24) is 10.6 Å². The Morgan fingerprint density at radius 1 is 1.13 bits per heavy atom. The first kappa shape index (κ1) is 17.3. The monoisotopic (exact) mass is 328 g/mol. The molecule has 1 aromatic rings. The molecule has 0 aromatic heterocycles. The highest BCUT2D eigenvalue weighted by Gasteiger charge is 2.41. The highest BCUT2D eigenvalue weighted by atomic mass is 19.4. The molecule has 7 heteroatoms. The van der Waals surface area contributed by atoms with Crippen molar-refractivity contribution in [1.29, 1.82) is 0 Å². The maximum atomic E-state index is 13.1. The predicted molar refractivity (Wildman–Crippen MR) is 78.3 cm³/mol. The molecule has 4 nitrogen and oxygen atoms in total. The first-order chi connectivity index (χ1) is 10.9. The molecule has 0 spiro atoms. The average molecular weight is 328 g/mol. The van der Waals surface area contributed by atoms with Crippen molar-refractivity contribution < 1.29 is 22.8 Å². The molecule has 2 rings (SSSR count). The van der Waals surface area contributed by atoms with Gasteiger partial charge in [-0.15, -0.1) is 0 Å². The molecule has 0 heterocycles. The summed E-state index contributed by atoms with van der Waals surface area (Å²) in [5.41, 5.74) is -0.0459. The summed E-state index contributed by atoms with van der Waals surface area (Å²) in [6, 6.07) is 5.06. The molecule has 1 saturated carbocycles. The zero-order valence-corrected chi connectivity index (χ0v) is 12.5. The Morgan fingerprint density at radius 2 is 1.74 bits per heavy atom. The fourth-order valence-electron chi connectivity index (χ4n) is 2.71. The van der Waals surface area contributed by atoms with Gasteiger partial charge in [0.05, 0.1) is 6.54 Å². The van der Waals surface area contributed by atoms with Crippen LogP contribution in [0, 0.1) is 5.92 Å². The lowest BCUT2D eigenvalue weighted by Crippen LogP contribution is -2.44. The average Bonchev–Trinajstić information content (AvgIpc) is 3.04. The molecule has 1 aromatic carbocycles. The van der Waals surface area contributed by atoms with Gasteiger partial charge in [0.2, 0.25) is 11.8 Å². The molecule has 2 N–H and O–H groups in total. The third-order valence-electron chi connectivity index (χ3n) is 3.91. The summed E-state index contributed by atoms with van der Waals surface area (Å²) in [4.78, 5) is 23.6. The van der Waals surface area contributed by atoms with E-state index in [9.17, 15) is 22.8 Å². The Hall–Kier alpha value is -2.05. The molecule has 1 unspecified atom stereocenters. The van der Waals surface area contributed by atoms with Crippen LogP contribution in [0.25, 0.3) is 0 Å². The van der Waals surface area contributed by atoms with Gasteiger partial charge in [-0.3, -0.25) is 9.59 Å². The molecule has 0 saturated heterocycles.